The van der Waals surface area contributed by atoms with Gasteiger partial charge in [-0.15, -0.1) is 0 Å². The lowest BCUT2D eigenvalue weighted by molar-refractivity contribution is -0.152. The summed E-state index contributed by atoms with van der Waals surface area (Å²) >= 11 is 0. The number of likely N-dealkylation sites (tertiary alicyclic amines) is 1. The molecule has 0 N–H and O–H groups in total. The number of likely N-dealkylation sites (N-methyl/N-ethyl adjacent to an activating group) is 1. The molecule has 3 nitrogen and oxygen atoms in total. The highest BCUT2D eigenvalue weighted by atomic mass is 16.6. The third-order valence-electron chi connectivity index (χ3n) is 4.30. The molecule has 2 aliphatic heterocycles. The topological polar surface area (TPSA) is 29.5 Å². The molecule has 96 valence electrons. The van der Waals surface area contributed by atoms with Crippen LogP contribution in [0.4, 0.5) is 0 Å². The van der Waals surface area contributed by atoms with Crippen molar-refractivity contribution < 1.29 is 9.53 Å². The van der Waals surface area contributed by atoms with Gasteiger partial charge in [-0.3, -0.25) is 9.69 Å². The lowest BCUT2D eigenvalue weighted by Crippen LogP contribution is -2.36. The predicted octanol–water partition coefficient (Wildman–Crippen LogP) is 2.39. The van der Waals surface area contributed by atoms with E-state index in [1.165, 1.54) is 5.56 Å². The van der Waals surface area contributed by atoms with E-state index < -0.39 is 0 Å². The zero-order valence-corrected chi connectivity index (χ0v) is 10.9. The van der Waals surface area contributed by atoms with E-state index >= 15 is 0 Å². The van der Waals surface area contributed by atoms with Crippen molar-refractivity contribution in [2.75, 3.05) is 13.6 Å². The number of hydrogen-bond acceptors (Lipinski definition) is 3. The summed E-state index contributed by atoms with van der Waals surface area (Å²) in [6, 6.07) is 10.6. The first-order valence-corrected chi connectivity index (χ1v) is 6.60. The standard InChI is InChI=1S/C15H19NO2/c1-11-10-15(18-14(11)17)8-9-16(2)13(15)12-6-4-3-5-7-12/h3-7,11,13H,8-10H2,1-2H3. The van der Waals surface area contributed by atoms with Gasteiger partial charge in [-0.05, 0) is 12.6 Å². The number of carbonyl (C=O) groups excluding carboxylic acids is 1. The van der Waals surface area contributed by atoms with E-state index in [9.17, 15) is 4.79 Å². The Morgan fingerprint density at radius 2 is 2.06 bits per heavy atom. The molecule has 1 aromatic rings. The normalized spacial score (nSPS) is 36.2. The van der Waals surface area contributed by atoms with Gasteiger partial charge in [0.2, 0.25) is 0 Å². The van der Waals surface area contributed by atoms with Crippen molar-refractivity contribution in [3.63, 3.8) is 0 Å². The van der Waals surface area contributed by atoms with Crippen molar-refractivity contribution in [2.24, 2.45) is 5.92 Å². The SMILES string of the molecule is CC1CC2(CCN(C)C2c2ccccc2)OC1=O. The molecule has 0 radical (unpaired) electrons. The Labute approximate surface area is 108 Å². The van der Waals surface area contributed by atoms with Gasteiger partial charge in [-0.25, -0.2) is 0 Å². The monoisotopic (exact) mass is 245 g/mol. The molecular formula is C15H19NO2. The zero-order chi connectivity index (χ0) is 12.8. The van der Waals surface area contributed by atoms with Crippen LogP contribution in [-0.2, 0) is 9.53 Å². The van der Waals surface area contributed by atoms with E-state index in [0.717, 1.165) is 19.4 Å². The summed E-state index contributed by atoms with van der Waals surface area (Å²) in [6.07, 6.45) is 1.79. The number of esters is 1. The summed E-state index contributed by atoms with van der Waals surface area (Å²) in [5.41, 5.74) is 0.950. The van der Waals surface area contributed by atoms with Crippen molar-refractivity contribution in [3.05, 3.63) is 35.9 Å². The first-order valence-electron chi connectivity index (χ1n) is 6.60. The summed E-state index contributed by atoms with van der Waals surface area (Å²) < 4.78 is 5.78. The summed E-state index contributed by atoms with van der Waals surface area (Å²) in [5.74, 6) is -0.00561. The summed E-state index contributed by atoms with van der Waals surface area (Å²) in [4.78, 5) is 14.1. The van der Waals surface area contributed by atoms with Crippen LogP contribution in [0.3, 0.4) is 0 Å². The quantitative estimate of drug-likeness (QED) is 0.711. The van der Waals surface area contributed by atoms with Gasteiger partial charge in [0.25, 0.3) is 0 Å². The van der Waals surface area contributed by atoms with Gasteiger partial charge in [-0.1, -0.05) is 37.3 Å². The molecule has 0 aliphatic carbocycles. The number of hydrogen-bond donors (Lipinski definition) is 0. The molecule has 2 saturated heterocycles. The third kappa shape index (κ3) is 1.65. The highest BCUT2D eigenvalue weighted by Crippen LogP contribution is 2.49. The second-order valence-corrected chi connectivity index (χ2v) is 5.63. The maximum atomic E-state index is 11.8. The zero-order valence-electron chi connectivity index (χ0n) is 10.9. The lowest BCUT2D eigenvalue weighted by Gasteiger charge is -2.32. The molecule has 3 unspecified atom stereocenters. The molecular weight excluding hydrogens is 226 g/mol. The highest BCUT2D eigenvalue weighted by molar-refractivity contribution is 5.75. The Balaban J connectivity index is 1.98. The molecule has 3 rings (SSSR count). The Bertz CT molecular complexity index is 459. The van der Waals surface area contributed by atoms with Crippen LogP contribution in [-0.4, -0.2) is 30.1 Å². The van der Waals surface area contributed by atoms with E-state index in [2.05, 4.69) is 36.2 Å². The van der Waals surface area contributed by atoms with E-state index in [0.29, 0.717) is 0 Å². The minimum absolute atomic E-state index is 0.0303. The highest BCUT2D eigenvalue weighted by Gasteiger charge is 2.55. The van der Waals surface area contributed by atoms with Crippen molar-refractivity contribution in [2.45, 2.75) is 31.4 Å². The van der Waals surface area contributed by atoms with Crippen molar-refractivity contribution in [1.29, 1.82) is 0 Å². The van der Waals surface area contributed by atoms with Gasteiger partial charge in [0.1, 0.15) is 5.60 Å². The minimum atomic E-state index is -0.299. The van der Waals surface area contributed by atoms with E-state index in [1.807, 2.05) is 13.0 Å². The Morgan fingerprint density at radius 3 is 2.67 bits per heavy atom. The summed E-state index contributed by atoms with van der Waals surface area (Å²) in [5, 5.41) is 0. The van der Waals surface area contributed by atoms with Crippen molar-refractivity contribution in [1.82, 2.24) is 4.90 Å². The van der Waals surface area contributed by atoms with Gasteiger partial charge >= 0.3 is 5.97 Å². The number of benzene rings is 1. The van der Waals surface area contributed by atoms with E-state index in [1.54, 1.807) is 0 Å². The average Bonchev–Trinajstić information content (AvgIpc) is 2.82. The maximum absolute atomic E-state index is 11.8. The van der Waals surface area contributed by atoms with Gasteiger partial charge in [0, 0.05) is 19.4 Å². The molecule has 3 heteroatoms. The first-order chi connectivity index (χ1) is 8.62. The first kappa shape index (κ1) is 11.7. The summed E-state index contributed by atoms with van der Waals surface area (Å²) in [7, 11) is 2.11. The van der Waals surface area contributed by atoms with Crippen LogP contribution in [0.5, 0.6) is 0 Å². The molecule has 0 saturated carbocycles. The van der Waals surface area contributed by atoms with Crippen LogP contribution in [0.15, 0.2) is 30.3 Å². The fraction of sp³-hybridized carbons (Fsp3) is 0.533. The number of ether oxygens (including phenoxy) is 1. The predicted molar refractivity (Wildman–Crippen MR) is 69.0 cm³/mol. The Morgan fingerprint density at radius 1 is 1.33 bits per heavy atom. The van der Waals surface area contributed by atoms with Crippen molar-refractivity contribution in [3.8, 4) is 0 Å². The molecule has 0 amide bonds. The summed E-state index contributed by atoms with van der Waals surface area (Å²) in [6.45, 7) is 2.96. The second kappa shape index (κ2) is 4.09. The van der Waals surface area contributed by atoms with Crippen LogP contribution in [0.1, 0.15) is 31.4 Å². The number of nitrogens with zero attached hydrogens (tertiary/aromatic N) is 1. The third-order valence-corrected chi connectivity index (χ3v) is 4.30. The molecule has 0 aromatic heterocycles. The largest absolute Gasteiger partial charge is 0.457 e. The lowest BCUT2D eigenvalue weighted by atomic mass is 9.84. The Hall–Kier alpha value is -1.35. The maximum Gasteiger partial charge on any atom is 0.309 e. The fourth-order valence-corrected chi connectivity index (χ4v) is 3.49. The molecule has 0 bridgehead atoms. The molecule has 1 spiro atoms. The molecule has 1 aromatic carbocycles. The number of rotatable bonds is 1. The van der Waals surface area contributed by atoms with Gasteiger partial charge in [0.15, 0.2) is 0 Å². The molecule has 2 heterocycles. The molecule has 2 fully saturated rings. The van der Waals surface area contributed by atoms with E-state index in [-0.39, 0.29) is 23.5 Å². The number of carbonyl (C=O) groups is 1. The average molecular weight is 245 g/mol. The van der Waals surface area contributed by atoms with Crippen LogP contribution in [0, 0.1) is 5.92 Å². The van der Waals surface area contributed by atoms with E-state index in [4.69, 9.17) is 4.74 Å². The molecule has 18 heavy (non-hydrogen) atoms. The minimum Gasteiger partial charge on any atom is -0.457 e. The smallest absolute Gasteiger partial charge is 0.309 e. The van der Waals surface area contributed by atoms with Gasteiger partial charge in [-0.2, -0.15) is 0 Å². The van der Waals surface area contributed by atoms with Crippen LogP contribution < -0.4 is 0 Å². The molecule has 2 aliphatic rings. The van der Waals surface area contributed by atoms with Gasteiger partial charge < -0.3 is 4.74 Å². The van der Waals surface area contributed by atoms with Crippen LogP contribution in [0.25, 0.3) is 0 Å². The van der Waals surface area contributed by atoms with Crippen molar-refractivity contribution >= 4 is 5.97 Å². The second-order valence-electron chi connectivity index (χ2n) is 5.63. The molecule has 3 atom stereocenters. The van der Waals surface area contributed by atoms with Crippen LogP contribution in [0.2, 0.25) is 0 Å². The Kier molecular flexibility index (Phi) is 2.67. The van der Waals surface area contributed by atoms with Gasteiger partial charge in [0.05, 0.1) is 12.0 Å². The van der Waals surface area contributed by atoms with Crippen LogP contribution >= 0.6 is 0 Å². The fourth-order valence-electron chi connectivity index (χ4n) is 3.49.